The zero-order chi connectivity index (χ0) is 20.3. The van der Waals surface area contributed by atoms with E-state index in [9.17, 15) is 14.4 Å². The lowest BCUT2D eigenvalue weighted by molar-refractivity contribution is -0.127. The summed E-state index contributed by atoms with van der Waals surface area (Å²) in [4.78, 5) is 36.5. The van der Waals surface area contributed by atoms with Crippen LogP contribution in [0.25, 0.3) is 6.08 Å². The SMILES string of the molecule is Cc1cc(/C=C2\SC(=O)N(CC(N)=O)C2=O)c(C)n1CCOc1ccccc1. The molecule has 3 rings (SSSR count). The summed E-state index contributed by atoms with van der Waals surface area (Å²) in [6.07, 6.45) is 1.68. The van der Waals surface area contributed by atoms with E-state index in [0.29, 0.717) is 13.2 Å². The smallest absolute Gasteiger partial charge is 0.294 e. The van der Waals surface area contributed by atoms with Gasteiger partial charge in [0, 0.05) is 11.4 Å². The average Bonchev–Trinajstić information content (AvgIpc) is 3.07. The van der Waals surface area contributed by atoms with Crippen molar-refractivity contribution in [2.45, 2.75) is 20.4 Å². The maximum absolute atomic E-state index is 12.4. The Kier molecular flexibility index (Phi) is 5.89. The number of para-hydroxylation sites is 1. The molecule has 1 aliphatic heterocycles. The summed E-state index contributed by atoms with van der Waals surface area (Å²) in [7, 11) is 0. The van der Waals surface area contributed by atoms with Gasteiger partial charge in [-0.15, -0.1) is 0 Å². The highest BCUT2D eigenvalue weighted by molar-refractivity contribution is 8.18. The van der Waals surface area contributed by atoms with Gasteiger partial charge in [-0.1, -0.05) is 18.2 Å². The van der Waals surface area contributed by atoms with Crippen LogP contribution in [-0.4, -0.2) is 39.7 Å². The van der Waals surface area contributed by atoms with Gasteiger partial charge >= 0.3 is 0 Å². The molecule has 1 aliphatic rings. The normalized spacial score (nSPS) is 15.5. The maximum Gasteiger partial charge on any atom is 0.294 e. The van der Waals surface area contributed by atoms with Crippen molar-refractivity contribution in [3.63, 3.8) is 0 Å². The van der Waals surface area contributed by atoms with E-state index in [1.807, 2.05) is 50.2 Å². The number of aromatic nitrogens is 1. The molecule has 0 bridgehead atoms. The highest BCUT2D eigenvalue weighted by Gasteiger charge is 2.36. The number of carbonyl (C=O) groups excluding carboxylic acids is 3. The van der Waals surface area contributed by atoms with E-state index in [2.05, 4.69) is 4.57 Å². The number of nitrogens with zero attached hydrogens (tertiary/aromatic N) is 2. The first-order chi connectivity index (χ1) is 13.4. The van der Waals surface area contributed by atoms with E-state index in [-0.39, 0.29) is 4.91 Å². The number of hydrogen-bond acceptors (Lipinski definition) is 5. The molecule has 2 heterocycles. The molecule has 146 valence electrons. The third-order valence-corrected chi connectivity index (χ3v) is 5.32. The second kappa shape index (κ2) is 8.35. The van der Waals surface area contributed by atoms with Crippen LogP contribution < -0.4 is 10.5 Å². The second-order valence-electron chi connectivity index (χ2n) is 6.37. The Morgan fingerprint density at radius 3 is 2.61 bits per heavy atom. The van der Waals surface area contributed by atoms with Crippen LogP contribution >= 0.6 is 11.8 Å². The van der Waals surface area contributed by atoms with E-state index in [0.717, 1.165) is 39.4 Å². The zero-order valence-corrected chi connectivity index (χ0v) is 16.5. The van der Waals surface area contributed by atoms with Crippen molar-refractivity contribution < 1.29 is 19.1 Å². The van der Waals surface area contributed by atoms with Crippen LogP contribution in [0.15, 0.2) is 41.3 Å². The molecular weight excluding hydrogens is 378 g/mol. The lowest BCUT2D eigenvalue weighted by Crippen LogP contribution is -2.36. The van der Waals surface area contributed by atoms with Crippen molar-refractivity contribution >= 4 is 34.9 Å². The number of ether oxygens (including phenoxy) is 1. The molecule has 0 saturated carbocycles. The van der Waals surface area contributed by atoms with Crippen LogP contribution in [-0.2, 0) is 16.1 Å². The summed E-state index contributed by atoms with van der Waals surface area (Å²) in [6, 6.07) is 11.5. The Morgan fingerprint density at radius 1 is 1.21 bits per heavy atom. The van der Waals surface area contributed by atoms with E-state index < -0.39 is 23.6 Å². The highest BCUT2D eigenvalue weighted by atomic mass is 32.2. The molecular formula is C20H21N3O4S. The first kappa shape index (κ1) is 19.8. The van der Waals surface area contributed by atoms with Gasteiger partial charge in [-0.25, -0.2) is 0 Å². The van der Waals surface area contributed by atoms with Gasteiger partial charge in [0.2, 0.25) is 5.91 Å². The van der Waals surface area contributed by atoms with Crippen LogP contribution in [0.1, 0.15) is 17.0 Å². The number of thioether (sulfide) groups is 1. The van der Waals surface area contributed by atoms with Crippen molar-refractivity contribution in [1.29, 1.82) is 0 Å². The molecule has 1 fully saturated rings. The standard InChI is InChI=1S/C20H21N3O4S/c1-13-10-15(11-17-19(25)23(12-18(21)24)20(26)28-17)14(2)22(13)8-9-27-16-6-4-3-5-7-16/h3-7,10-11H,8-9,12H2,1-2H3,(H2,21,24)/b17-11-. The third-order valence-electron chi connectivity index (χ3n) is 4.41. The van der Waals surface area contributed by atoms with Gasteiger partial charge in [0.1, 0.15) is 18.9 Å². The summed E-state index contributed by atoms with van der Waals surface area (Å²) >= 11 is 0.814. The molecule has 0 atom stereocenters. The number of hydrogen-bond donors (Lipinski definition) is 1. The van der Waals surface area contributed by atoms with Crippen LogP contribution in [0, 0.1) is 13.8 Å². The first-order valence-electron chi connectivity index (χ1n) is 8.75. The zero-order valence-electron chi connectivity index (χ0n) is 15.7. The van der Waals surface area contributed by atoms with E-state index >= 15 is 0 Å². The number of rotatable bonds is 7. The molecule has 0 radical (unpaired) electrons. The summed E-state index contributed by atoms with van der Waals surface area (Å²) in [5, 5.41) is -0.486. The Labute approximate surface area is 167 Å². The minimum atomic E-state index is -0.722. The molecule has 8 heteroatoms. The van der Waals surface area contributed by atoms with Gasteiger partial charge in [-0.3, -0.25) is 19.3 Å². The molecule has 1 saturated heterocycles. The minimum absolute atomic E-state index is 0.284. The fraction of sp³-hybridized carbons (Fsp3) is 0.250. The Hall–Kier alpha value is -3.00. The monoisotopic (exact) mass is 399 g/mol. The van der Waals surface area contributed by atoms with Gasteiger partial charge in [-0.05, 0) is 55.4 Å². The number of carbonyl (C=O) groups is 3. The fourth-order valence-corrected chi connectivity index (χ4v) is 3.85. The topological polar surface area (TPSA) is 94.6 Å². The van der Waals surface area contributed by atoms with Crippen LogP contribution in [0.4, 0.5) is 4.79 Å². The van der Waals surface area contributed by atoms with Crippen LogP contribution in [0.2, 0.25) is 0 Å². The molecule has 2 aromatic rings. The molecule has 0 unspecified atom stereocenters. The number of amides is 3. The predicted molar refractivity (Wildman–Crippen MR) is 108 cm³/mol. The lowest BCUT2D eigenvalue weighted by Gasteiger charge is -2.11. The molecule has 0 aliphatic carbocycles. The van der Waals surface area contributed by atoms with Crippen LogP contribution in [0.3, 0.4) is 0 Å². The largest absolute Gasteiger partial charge is 0.492 e. The molecule has 2 N–H and O–H groups in total. The minimum Gasteiger partial charge on any atom is -0.492 e. The summed E-state index contributed by atoms with van der Waals surface area (Å²) in [5.41, 5.74) is 7.94. The predicted octanol–water partition coefficient (Wildman–Crippen LogP) is 2.71. The quantitative estimate of drug-likeness (QED) is 0.723. The molecule has 1 aromatic carbocycles. The van der Waals surface area contributed by atoms with E-state index in [1.54, 1.807) is 6.08 Å². The molecule has 0 spiro atoms. The summed E-state index contributed by atoms with van der Waals surface area (Å²) in [6.45, 7) is 4.69. The van der Waals surface area contributed by atoms with Gasteiger partial charge in [0.15, 0.2) is 0 Å². The van der Waals surface area contributed by atoms with Crippen molar-refractivity contribution in [1.82, 2.24) is 9.47 Å². The fourth-order valence-electron chi connectivity index (χ4n) is 3.02. The van der Waals surface area contributed by atoms with Gasteiger partial charge in [-0.2, -0.15) is 0 Å². The number of benzene rings is 1. The van der Waals surface area contributed by atoms with Gasteiger partial charge in [0.05, 0.1) is 11.4 Å². The molecule has 7 nitrogen and oxygen atoms in total. The summed E-state index contributed by atoms with van der Waals surface area (Å²) < 4.78 is 7.85. The molecule has 28 heavy (non-hydrogen) atoms. The van der Waals surface area contributed by atoms with Crippen molar-refractivity contribution in [2.75, 3.05) is 13.2 Å². The average molecular weight is 399 g/mol. The second-order valence-corrected chi connectivity index (χ2v) is 7.37. The molecule has 1 aromatic heterocycles. The Balaban J connectivity index is 1.73. The van der Waals surface area contributed by atoms with E-state index in [4.69, 9.17) is 10.5 Å². The Morgan fingerprint density at radius 2 is 1.93 bits per heavy atom. The number of nitrogens with two attached hydrogens (primary N) is 1. The number of imide groups is 1. The maximum atomic E-state index is 12.4. The van der Waals surface area contributed by atoms with Gasteiger partial charge < -0.3 is 15.0 Å². The highest BCUT2D eigenvalue weighted by Crippen LogP contribution is 2.33. The van der Waals surface area contributed by atoms with Crippen molar-refractivity contribution in [3.8, 4) is 5.75 Å². The number of aryl methyl sites for hydroxylation is 1. The Bertz CT molecular complexity index is 950. The van der Waals surface area contributed by atoms with Crippen LogP contribution in [0.5, 0.6) is 5.75 Å². The lowest BCUT2D eigenvalue weighted by atomic mass is 10.2. The van der Waals surface area contributed by atoms with E-state index in [1.165, 1.54) is 0 Å². The number of primary amides is 1. The first-order valence-corrected chi connectivity index (χ1v) is 9.56. The van der Waals surface area contributed by atoms with Crippen molar-refractivity contribution in [2.24, 2.45) is 5.73 Å². The van der Waals surface area contributed by atoms with Crippen molar-refractivity contribution in [3.05, 3.63) is 58.3 Å². The van der Waals surface area contributed by atoms with Gasteiger partial charge in [0.25, 0.3) is 11.1 Å². The summed E-state index contributed by atoms with van der Waals surface area (Å²) in [5.74, 6) is -0.403. The molecule has 3 amide bonds. The third kappa shape index (κ3) is 4.28.